The van der Waals surface area contributed by atoms with Crippen molar-refractivity contribution in [3.05, 3.63) is 93.8 Å². The molecule has 1 atom stereocenters. The Morgan fingerprint density at radius 1 is 1.03 bits per heavy atom. The van der Waals surface area contributed by atoms with Gasteiger partial charge in [-0.2, -0.15) is 0 Å². The van der Waals surface area contributed by atoms with Crippen LogP contribution in [0, 0.1) is 0 Å². The number of ether oxygens (including phenoxy) is 1. The van der Waals surface area contributed by atoms with E-state index in [0.29, 0.717) is 16.6 Å². The van der Waals surface area contributed by atoms with Crippen LogP contribution in [0.3, 0.4) is 0 Å². The van der Waals surface area contributed by atoms with Gasteiger partial charge in [0.1, 0.15) is 17.4 Å². The number of aliphatic hydroxyl groups is 1. The number of hydrogen-bond acceptors (Lipinski definition) is 6. The van der Waals surface area contributed by atoms with Gasteiger partial charge >= 0.3 is 0 Å². The van der Waals surface area contributed by atoms with Gasteiger partial charge in [-0.1, -0.05) is 65.8 Å². The molecule has 1 aromatic heterocycles. The highest BCUT2D eigenvalue weighted by atomic mass is 35.5. The predicted octanol–water partition coefficient (Wildman–Crippen LogP) is 6.19. The molecule has 158 valence electrons. The van der Waals surface area contributed by atoms with Crippen LogP contribution in [-0.2, 0) is 6.61 Å². The minimum Gasteiger partial charge on any atom is -0.489 e. The Kier molecular flexibility index (Phi) is 7.27. The van der Waals surface area contributed by atoms with Gasteiger partial charge in [0.15, 0.2) is 0 Å². The molecule has 31 heavy (non-hydrogen) atoms. The lowest BCUT2D eigenvalue weighted by Crippen LogP contribution is -2.13. The predicted molar refractivity (Wildman–Crippen MR) is 128 cm³/mol. The van der Waals surface area contributed by atoms with E-state index in [1.807, 2.05) is 78.2 Å². The second kappa shape index (κ2) is 10.3. The highest BCUT2D eigenvalue weighted by Crippen LogP contribution is 2.36. The van der Waals surface area contributed by atoms with Gasteiger partial charge in [-0.3, -0.25) is 0 Å². The number of halogens is 1. The average Bonchev–Trinajstić information content (AvgIpc) is 3.28. The summed E-state index contributed by atoms with van der Waals surface area (Å²) < 4.78 is 5.93. The summed E-state index contributed by atoms with van der Waals surface area (Å²) in [7, 11) is 0. The zero-order valence-electron chi connectivity index (χ0n) is 16.6. The molecule has 0 amide bonds. The summed E-state index contributed by atoms with van der Waals surface area (Å²) >= 11 is 9.59. The third kappa shape index (κ3) is 5.67. The van der Waals surface area contributed by atoms with E-state index >= 15 is 0 Å². The lowest BCUT2D eigenvalue weighted by Gasteiger charge is -2.09. The molecule has 0 aliphatic rings. The summed E-state index contributed by atoms with van der Waals surface area (Å²) in [5.74, 6) is 0.826. The van der Waals surface area contributed by atoms with Crippen LogP contribution < -0.4 is 10.5 Å². The Bertz CT molecular complexity index is 1150. The van der Waals surface area contributed by atoms with E-state index in [1.165, 1.54) is 11.3 Å². The van der Waals surface area contributed by atoms with Gasteiger partial charge in [0.05, 0.1) is 23.4 Å². The van der Waals surface area contributed by atoms with Crippen LogP contribution in [-0.4, -0.2) is 16.7 Å². The molecule has 0 radical (unpaired) electrons. The van der Waals surface area contributed by atoms with E-state index in [9.17, 15) is 5.11 Å². The van der Waals surface area contributed by atoms with Crippen molar-refractivity contribution >= 4 is 34.7 Å². The van der Waals surface area contributed by atoms with Crippen molar-refractivity contribution in [1.82, 2.24) is 4.98 Å². The minimum atomic E-state index is -0.469. The first-order chi connectivity index (χ1) is 15.1. The molecule has 3 aromatic carbocycles. The maximum Gasteiger partial charge on any atom is 0.120 e. The van der Waals surface area contributed by atoms with Gasteiger partial charge in [0, 0.05) is 20.7 Å². The highest BCUT2D eigenvalue weighted by molar-refractivity contribution is 7.99. The molecule has 0 fully saturated rings. The van der Waals surface area contributed by atoms with E-state index in [0.717, 1.165) is 32.4 Å². The van der Waals surface area contributed by atoms with E-state index in [-0.39, 0.29) is 6.61 Å². The molecular weight excluding hydrogens is 448 g/mol. The van der Waals surface area contributed by atoms with Gasteiger partial charge in [-0.05, 0) is 35.9 Å². The number of aromatic nitrogens is 1. The third-order valence-corrected chi connectivity index (χ3v) is 6.81. The van der Waals surface area contributed by atoms with Crippen LogP contribution in [0.1, 0.15) is 16.6 Å². The molecule has 4 rings (SSSR count). The molecule has 4 aromatic rings. The standard InChI is InChI=1S/C24H21ClN2O2S2/c25-21-12-19(9-10-20(21)23-15-30-24(27-23)22(26)13-28)31-18-8-4-7-17(11-18)29-14-16-5-2-1-3-6-16/h1-12,15,22,28H,13-14,26H2/t22-/m0/s1. The first-order valence-corrected chi connectivity index (χ1v) is 11.8. The van der Waals surface area contributed by atoms with Crippen molar-refractivity contribution in [1.29, 1.82) is 0 Å². The van der Waals surface area contributed by atoms with Crippen LogP contribution in [0.2, 0.25) is 5.02 Å². The van der Waals surface area contributed by atoms with E-state index in [2.05, 4.69) is 4.98 Å². The molecule has 0 aliphatic carbocycles. The Hall–Kier alpha value is -2.35. The number of hydrogen-bond donors (Lipinski definition) is 2. The third-order valence-electron chi connectivity index (χ3n) is 4.54. The number of benzene rings is 3. The van der Waals surface area contributed by atoms with Gasteiger partial charge < -0.3 is 15.6 Å². The van der Waals surface area contributed by atoms with Crippen LogP contribution in [0.5, 0.6) is 5.75 Å². The van der Waals surface area contributed by atoms with Crippen LogP contribution >= 0.6 is 34.7 Å². The molecule has 0 saturated carbocycles. The monoisotopic (exact) mass is 468 g/mol. The molecule has 0 aliphatic heterocycles. The lowest BCUT2D eigenvalue weighted by molar-refractivity contribution is 0.268. The molecule has 3 N–H and O–H groups in total. The number of aliphatic hydroxyl groups excluding tert-OH is 1. The summed E-state index contributed by atoms with van der Waals surface area (Å²) in [6.45, 7) is 0.398. The van der Waals surface area contributed by atoms with Crippen molar-refractivity contribution < 1.29 is 9.84 Å². The zero-order valence-corrected chi connectivity index (χ0v) is 19.0. The van der Waals surface area contributed by atoms with Crippen LogP contribution in [0.25, 0.3) is 11.3 Å². The van der Waals surface area contributed by atoms with Crippen molar-refractivity contribution in [2.24, 2.45) is 5.73 Å². The Balaban J connectivity index is 1.45. The number of thiazole rings is 1. The Morgan fingerprint density at radius 2 is 1.84 bits per heavy atom. The van der Waals surface area contributed by atoms with Gasteiger partial charge in [0.2, 0.25) is 0 Å². The number of nitrogens with two attached hydrogens (primary N) is 1. The van der Waals surface area contributed by atoms with Gasteiger partial charge in [-0.25, -0.2) is 4.98 Å². The van der Waals surface area contributed by atoms with Gasteiger partial charge in [-0.15, -0.1) is 11.3 Å². The number of nitrogens with zero attached hydrogens (tertiary/aromatic N) is 1. The van der Waals surface area contributed by atoms with E-state index < -0.39 is 6.04 Å². The second-order valence-corrected chi connectivity index (χ2v) is 9.30. The maximum absolute atomic E-state index is 9.21. The van der Waals surface area contributed by atoms with Crippen LogP contribution in [0.15, 0.2) is 88.0 Å². The molecule has 1 heterocycles. The van der Waals surface area contributed by atoms with Crippen molar-refractivity contribution in [3.63, 3.8) is 0 Å². The summed E-state index contributed by atoms with van der Waals surface area (Å²) in [5.41, 5.74) is 8.60. The fraction of sp³-hybridized carbons (Fsp3) is 0.125. The maximum atomic E-state index is 9.21. The average molecular weight is 469 g/mol. The Labute approximate surface area is 194 Å². The lowest BCUT2D eigenvalue weighted by atomic mass is 10.2. The number of rotatable bonds is 8. The van der Waals surface area contributed by atoms with Crippen molar-refractivity contribution in [2.45, 2.75) is 22.4 Å². The molecular formula is C24H21ClN2O2S2. The molecule has 0 spiro atoms. The topological polar surface area (TPSA) is 68.4 Å². The summed E-state index contributed by atoms with van der Waals surface area (Å²) in [6, 6.07) is 23.6. The SMILES string of the molecule is N[C@@H](CO)c1nc(-c2ccc(Sc3cccc(OCc4ccccc4)c3)cc2Cl)cs1. The molecule has 0 bridgehead atoms. The quantitative estimate of drug-likeness (QED) is 0.323. The summed E-state index contributed by atoms with van der Waals surface area (Å²) in [4.78, 5) is 6.60. The zero-order chi connectivity index (χ0) is 21.6. The molecule has 7 heteroatoms. The molecule has 4 nitrogen and oxygen atoms in total. The largest absolute Gasteiger partial charge is 0.489 e. The van der Waals surface area contributed by atoms with Crippen molar-refractivity contribution in [3.8, 4) is 17.0 Å². The first kappa shape index (κ1) is 21.9. The Morgan fingerprint density at radius 3 is 2.61 bits per heavy atom. The van der Waals surface area contributed by atoms with Gasteiger partial charge in [0.25, 0.3) is 0 Å². The first-order valence-electron chi connectivity index (χ1n) is 9.69. The summed E-state index contributed by atoms with van der Waals surface area (Å²) in [5, 5.41) is 12.4. The fourth-order valence-corrected chi connectivity index (χ4v) is 4.99. The van der Waals surface area contributed by atoms with E-state index in [1.54, 1.807) is 11.8 Å². The smallest absolute Gasteiger partial charge is 0.120 e. The minimum absolute atomic E-state index is 0.135. The van der Waals surface area contributed by atoms with Crippen LogP contribution in [0.4, 0.5) is 0 Å². The normalized spacial score (nSPS) is 12.0. The fourth-order valence-electron chi connectivity index (χ4n) is 2.93. The highest BCUT2D eigenvalue weighted by Gasteiger charge is 2.13. The van der Waals surface area contributed by atoms with Crippen molar-refractivity contribution in [2.75, 3.05) is 6.61 Å². The summed E-state index contributed by atoms with van der Waals surface area (Å²) in [6.07, 6.45) is 0. The van der Waals surface area contributed by atoms with E-state index in [4.69, 9.17) is 22.1 Å². The molecule has 0 saturated heterocycles. The molecule has 0 unspecified atom stereocenters. The second-order valence-electron chi connectivity index (χ2n) is 6.85.